The van der Waals surface area contributed by atoms with Crippen molar-refractivity contribution in [1.82, 2.24) is 0 Å². The third-order valence-corrected chi connectivity index (χ3v) is 3.94. The summed E-state index contributed by atoms with van der Waals surface area (Å²) in [7, 11) is 0. The van der Waals surface area contributed by atoms with Crippen LogP contribution in [0, 0.1) is 0 Å². The molecule has 0 saturated heterocycles. The summed E-state index contributed by atoms with van der Waals surface area (Å²) < 4.78 is 0. The van der Waals surface area contributed by atoms with Crippen molar-refractivity contribution in [3.05, 3.63) is 33.8 Å². The van der Waals surface area contributed by atoms with Gasteiger partial charge in [0.1, 0.15) is 0 Å². The molecule has 3 heteroatoms. The van der Waals surface area contributed by atoms with Crippen LogP contribution >= 0.6 is 23.8 Å². The van der Waals surface area contributed by atoms with Gasteiger partial charge in [-0.05, 0) is 67.7 Å². The normalized spacial score (nSPS) is 14.4. The maximum Gasteiger partial charge on any atom is 0.0727 e. The summed E-state index contributed by atoms with van der Waals surface area (Å²) in [4.78, 5) is 0.596. The molecular formula is C14H18ClNS. The van der Waals surface area contributed by atoms with E-state index in [0.717, 1.165) is 24.3 Å². The Bertz CT molecular complexity index is 428. The summed E-state index contributed by atoms with van der Waals surface area (Å²) in [6.07, 6.45) is 7.77. The minimum atomic E-state index is 0.596. The molecular weight excluding hydrogens is 250 g/mol. The molecule has 0 atom stereocenters. The lowest BCUT2D eigenvalue weighted by molar-refractivity contribution is 0.683. The van der Waals surface area contributed by atoms with E-state index in [1.54, 1.807) is 0 Å². The third-order valence-electron chi connectivity index (χ3n) is 3.38. The summed E-state index contributed by atoms with van der Waals surface area (Å²) in [6.45, 7) is 0. The van der Waals surface area contributed by atoms with Crippen LogP contribution in [0.1, 0.15) is 42.4 Å². The Morgan fingerprint density at radius 3 is 2.53 bits per heavy atom. The molecule has 0 amide bonds. The number of thiocarbonyl (C=S) groups is 1. The first-order valence-corrected chi connectivity index (χ1v) is 7.04. The van der Waals surface area contributed by atoms with E-state index < -0.39 is 0 Å². The molecule has 0 heterocycles. The SMILES string of the molecule is NC(=S)CCCc1cc2c(cc1Cl)CCCC2. The number of halogens is 1. The van der Waals surface area contributed by atoms with Gasteiger partial charge in [-0.15, -0.1) is 0 Å². The van der Waals surface area contributed by atoms with Gasteiger partial charge in [0.15, 0.2) is 0 Å². The quantitative estimate of drug-likeness (QED) is 0.839. The smallest absolute Gasteiger partial charge is 0.0727 e. The van der Waals surface area contributed by atoms with Gasteiger partial charge in [0, 0.05) is 5.02 Å². The highest BCUT2D eigenvalue weighted by molar-refractivity contribution is 7.80. The molecule has 1 aliphatic rings. The van der Waals surface area contributed by atoms with Gasteiger partial charge in [0.25, 0.3) is 0 Å². The van der Waals surface area contributed by atoms with Gasteiger partial charge < -0.3 is 5.73 Å². The highest BCUT2D eigenvalue weighted by Crippen LogP contribution is 2.28. The molecule has 0 aromatic heterocycles. The molecule has 0 aliphatic heterocycles. The van der Waals surface area contributed by atoms with E-state index in [9.17, 15) is 0 Å². The zero-order valence-corrected chi connectivity index (χ0v) is 11.5. The molecule has 2 N–H and O–H groups in total. The van der Waals surface area contributed by atoms with Crippen LogP contribution in [0.2, 0.25) is 5.02 Å². The minimum absolute atomic E-state index is 0.596. The van der Waals surface area contributed by atoms with Crippen LogP contribution in [-0.4, -0.2) is 4.99 Å². The second-order valence-electron chi connectivity index (χ2n) is 4.74. The van der Waals surface area contributed by atoms with E-state index in [1.807, 2.05) is 0 Å². The van der Waals surface area contributed by atoms with Crippen molar-refractivity contribution < 1.29 is 0 Å². The monoisotopic (exact) mass is 267 g/mol. The Morgan fingerprint density at radius 1 is 1.24 bits per heavy atom. The molecule has 0 unspecified atom stereocenters. The fraction of sp³-hybridized carbons (Fsp3) is 0.500. The molecule has 17 heavy (non-hydrogen) atoms. The van der Waals surface area contributed by atoms with Crippen molar-refractivity contribution in [3.8, 4) is 0 Å². The second kappa shape index (κ2) is 5.83. The van der Waals surface area contributed by atoms with Crippen LogP contribution in [0.3, 0.4) is 0 Å². The summed E-state index contributed by atoms with van der Waals surface area (Å²) >= 11 is 11.2. The predicted octanol–water partition coefficient (Wildman–Crippen LogP) is 3.83. The van der Waals surface area contributed by atoms with Crippen LogP contribution in [0.4, 0.5) is 0 Å². The first kappa shape index (κ1) is 12.8. The topological polar surface area (TPSA) is 26.0 Å². The highest BCUT2D eigenvalue weighted by atomic mass is 35.5. The lowest BCUT2D eigenvalue weighted by Gasteiger charge is -2.18. The van der Waals surface area contributed by atoms with Crippen molar-refractivity contribution in [2.24, 2.45) is 5.73 Å². The number of fused-ring (bicyclic) bond motifs is 1. The number of aryl methyl sites for hydroxylation is 3. The molecule has 0 bridgehead atoms. The number of rotatable bonds is 4. The number of nitrogens with two attached hydrogens (primary N) is 1. The molecule has 0 spiro atoms. The first-order chi connectivity index (χ1) is 8.16. The van der Waals surface area contributed by atoms with Gasteiger partial charge in [0.05, 0.1) is 4.99 Å². The molecule has 1 nitrogen and oxygen atoms in total. The molecule has 2 rings (SSSR count). The number of benzene rings is 1. The molecule has 1 aliphatic carbocycles. The lowest BCUT2D eigenvalue weighted by atomic mass is 9.89. The first-order valence-electron chi connectivity index (χ1n) is 6.25. The van der Waals surface area contributed by atoms with Crippen LogP contribution in [0.5, 0.6) is 0 Å². The molecule has 92 valence electrons. The average Bonchev–Trinajstić information content (AvgIpc) is 2.29. The highest BCUT2D eigenvalue weighted by Gasteiger charge is 2.12. The van der Waals surface area contributed by atoms with Crippen molar-refractivity contribution in [3.63, 3.8) is 0 Å². The minimum Gasteiger partial charge on any atom is -0.393 e. The fourth-order valence-corrected chi connectivity index (χ4v) is 2.88. The van der Waals surface area contributed by atoms with Crippen molar-refractivity contribution in [1.29, 1.82) is 0 Å². The van der Waals surface area contributed by atoms with Gasteiger partial charge >= 0.3 is 0 Å². The van der Waals surface area contributed by atoms with E-state index in [4.69, 9.17) is 29.6 Å². The van der Waals surface area contributed by atoms with Gasteiger partial charge in [-0.3, -0.25) is 0 Å². The second-order valence-corrected chi connectivity index (χ2v) is 5.67. The van der Waals surface area contributed by atoms with Gasteiger partial charge in [0.2, 0.25) is 0 Å². The molecule has 1 aromatic rings. The number of hydrogen-bond acceptors (Lipinski definition) is 1. The van der Waals surface area contributed by atoms with E-state index in [0.29, 0.717) is 4.99 Å². The molecule has 0 fully saturated rings. The predicted molar refractivity (Wildman–Crippen MR) is 77.8 cm³/mol. The molecule has 0 saturated carbocycles. The van der Waals surface area contributed by atoms with E-state index >= 15 is 0 Å². The zero-order valence-electron chi connectivity index (χ0n) is 9.97. The molecule has 1 aromatic carbocycles. The van der Waals surface area contributed by atoms with E-state index in [1.165, 1.54) is 42.4 Å². The maximum atomic E-state index is 6.31. The summed E-state index contributed by atoms with van der Waals surface area (Å²) in [6, 6.07) is 4.45. The molecule has 0 radical (unpaired) electrons. The van der Waals surface area contributed by atoms with Crippen LogP contribution in [-0.2, 0) is 19.3 Å². The Labute approximate surface area is 113 Å². The standard InChI is InChI=1S/C14H18ClNS/c15-13-9-11-5-2-1-4-10(11)8-12(13)6-3-7-14(16)17/h8-9H,1-7H2,(H2,16,17). The Hall–Kier alpha value is -0.600. The summed E-state index contributed by atoms with van der Waals surface area (Å²) in [5.74, 6) is 0. The Balaban J connectivity index is 2.09. The third kappa shape index (κ3) is 3.43. The largest absolute Gasteiger partial charge is 0.393 e. The van der Waals surface area contributed by atoms with Crippen molar-refractivity contribution in [2.75, 3.05) is 0 Å². The summed E-state index contributed by atoms with van der Waals surface area (Å²) in [5, 5.41) is 0.911. The van der Waals surface area contributed by atoms with E-state index in [2.05, 4.69) is 12.1 Å². The van der Waals surface area contributed by atoms with Crippen molar-refractivity contribution >= 4 is 28.8 Å². The van der Waals surface area contributed by atoms with Gasteiger partial charge in [-0.25, -0.2) is 0 Å². The van der Waals surface area contributed by atoms with Crippen LogP contribution in [0.15, 0.2) is 12.1 Å². The van der Waals surface area contributed by atoms with E-state index in [-0.39, 0.29) is 0 Å². The zero-order chi connectivity index (χ0) is 12.3. The number of hydrogen-bond donors (Lipinski definition) is 1. The maximum absolute atomic E-state index is 6.31. The van der Waals surface area contributed by atoms with Gasteiger partial charge in [-0.1, -0.05) is 29.9 Å². The average molecular weight is 268 g/mol. The van der Waals surface area contributed by atoms with Crippen molar-refractivity contribution in [2.45, 2.75) is 44.9 Å². The Morgan fingerprint density at radius 2 is 1.88 bits per heavy atom. The van der Waals surface area contributed by atoms with Crippen LogP contribution < -0.4 is 5.73 Å². The lowest BCUT2D eigenvalue weighted by Crippen LogP contribution is -2.08. The van der Waals surface area contributed by atoms with Gasteiger partial charge in [-0.2, -0.15) is 0 Å². The van der Waals surface area contributed by atoms with Crippen LogP contribution in [0.25, 0.3) is 0 Å². The fourth-order valence-electron chi connectivity index (χ4n) is 2.45. The Kier molecular flexibility index (Phi) is 4.41. The summed E-state index contributed by atoms with van der Waals surface area (Å²) in [5.41, 5.74) is 9.69.